The monoisotopic (exact) mass is 302 g/mol. The summed E-state index contributed by atoms with van der Waals surface area (Å²) in [6.07, 6.45) is 0.314. The van der Waals surface area contributed by atoms with Gasteiger partial charge in [-0.25, -0.2) is 0 Å². The molecule has 2 N–H and O–H groups in total. The van der Waals surface area contributed by atoms with Crippen LogP contribution in [0.1, 0.15) is 19.4 Å². The Morgan fingerprint density at radius 3 is 2.47 bits per heavy atom. The van der Waals surface area contributed by atoms with E-state index in [1.54, 1.807) is 24.1 Å². The van der Waals surface area contributed by atoms with Crippen LogP contribution in [0.4, 0.5) is 0 Å². The molecule has 5 heteroatoms. The van der Waals surface area contributed by atoms with Crippen LogP contribution in [0.3, 0.4) is 0 Å². The standard InChI is InChI=1S/C14H20Cl2N2O/c1-14(2,8-17)9-18(3)13(19)7-10-4-5-11(15)12(16)6-10/h4-6H,7-9,17H2,1-3H3. The fourth-order valence-corrected chi connectivity index (χ4v) is 2.07. The summed E-state index contributed by atoms with van der Waals surface area (Å²) in [5.41, 5.74) is 6.45. The van der Waals surface area contributed by atoms with Crippen LogP contribution >= 0.6 is 23.2 Å². The van der Waals surface area contributed by atoms with Crippen molar-refractivity contribution in [2.75, 3.05) is 20.1 Å². The number of nitrogens with two attached hydrogens (primary N) is 1. The third-order valence-corrected chi connectivity index (χ3v) is 3.72. The van der Waals surface area contributed by atoms with E-state index in [2.05, 4.69) is 0 Å². The van der Waals surface area contributed by atoms with Crippen molar-refractivity contribution in [3.63, 3.8) is 0 Å². The van der Waals surface area contributed by atoms with Gasteiger partial charge in [-0.05, 0) is 29.7 Å². The molecule has 0 aliphatic rings. The molecule has 19 heavy (non-hydrogen) atoms. The van der Waals surface area contributed by atoms with Gasteiger partial charge in [-0.15, -0.1) is 0 Å². The molecule has 0 unspecified atom stereocenters. The Kier molecular flexibility index (Phi) is 5.65. The largest absolute Gasteiger partial charge is 0.345 e. The normalized spacial score (nSPS) is 11.5. The minimum Gasteiger partial charge on any atom is -0.345 e. The molecule has 106 valence electrons. The maximum Gasteiger partial charge on any atom is 0.226 e. The van der Waals surface area contributed by atoms with E-state index in [1.165, 1.54) is 0 Å². The second-order valence-corrected chi connectivity index (χ2v) is 6.36. The number of amides is 1. The van der Waals surface area contributed by atoms with E-state index >= 15 is 0 Å². The second-order valence-electron chi connectivity index (χ2n) is 5.54. The van der Waals surface area contributed by atoms with Gasteiger partial charge < -0.3 is 10.6 Å². The summed E-state index contributed by atoms with van der Waals surface area (Å²) in [4.78, 5) is 13.8. The summed E-state index contributed by atoms with van der Waals surface area (Å²) in [5.74, 6) is 0.0416. The number of nitrogens with zero attached hydrogens (tertiary/aromatic N) is 1. The molecule has 1 amide bonds. The first-order valence-electron chi connectivity index (χ1n) is 6.13. The lowest BCUT2D eigenvalue weighted by molar-refractivity contribution is -0.130. The van der Waals surface area contributed by atoms with Crippen molar-refractivity contribution in [1.29, 1.82) is 0 Å². The fraction of sp³-hybridized carbons (Fsp3) is 0.500. The van der Waals surface area contributed by atoms with Gasteiger partial charge in [0.05, 0.1) is 16.5 Å². The van der Waals surface area contributed by atoms with Crippen molar-refractivity contribution < 1.29 is 4.79 Å². The Bertz CT molecular complexity index is 461. The van der Waals surface area contributed by atoms with E-state index in [0.717, 1.165) is 5.56 Å². The first-order valence-corrected chi connectivity index (χ1v) is 6.89. The van der Waals surface area contributed by atoms with E-state index in [0.29, 0.717) is 29.6 Å². The highest BCUT2D eigenvalue weighted by Crippen LogP contribution is 2.23. The van der Waals surface area contributed by atoms with E-state index in [1.807, 2.05) is 19.9 Å². The first kappa shape index (κ1) is 16.3. The van der Waals surface area contributed by atoms with Crippen LogP contribution in [0.2, 0.25) is 10.0 Å². The van der Waals surface area contributed by atoms with Crippen LogP contribution < -0.4 is 5.73 Å². The molecule has 3 nitrogen and oxygen atoms in total. The third kappa shape index (κ3) is 5.01. The molecule has 0 atom stereocenters. The van der Waals surface area contributed by atoms with Gasteiger partial charge in [0.1, 0.15) is 0 Å². The van der Waals surface area contributed by atoms with Gasteiger partial charge in [-0.2, -0.15) is 0 Å². The first-order chi connectivity index (χ1) is 8.75. The van der Waals surface area contributed by atoms with Gasteiger partial charge >= 0.3 is 0 Å². The van der Waals surface area contributed by atoms with E-state index < -0.39 is 0 Å². The maximum atomic E-state index is 12.1. The Morgan fingerprint density at radius 1 is 1.32 bits per heavy atom. The molecule has 0 bridgehead atoms. The topological polar surface area (TPSA) is 46.3 Å². The molecule has 0 fully saturated rings. The van der Waals surface area contributed by atoms with E-state index in [4.69, 9.17) is 28.9 Å². The van der Waals surface area contributed by atoms with Gasteiger partial charge in [-0.3, -0.25) is 4.79 Å². The Labute approximate surface area is 124 Å². The Hall–Kier alpha value is -0.770. The lowest BCUT2D eigenvalue weighted by atomic mass is 9.93. The summed E-state index contributed by atoms with van der Waals surface area (Å²) in [6.45, 7) is 5.24. The summed E-state index contributed by atoms with van der Waals surface area (Å²) < 4.78 is 0. The highest BCUT2D eigenvalue weighted by molar-refractivity contribution is 6.42. The molecular weight excluding hydrogens is 283 g/mol. The van der Waals surface area contributed by atoms with Gasteiger partial charge in [0.15, 0.2) is 0 Å². The predicted molar refractivity (Wildman–Crippen MR) is 80.6 cm³/mol. The zero-order valence-electron chi connectivity index (χ0n) is 11.5. The number of benzene rings is 1. The maximum absolute atomic E-state index is 12.1. The van der Waals surface area contributed by atoms with Crippen LogP contribution in [-0.2, 0) is 11.2 Å². The molecule has 1 rings (SSSR count). The number of carbonyl (C=O) groups is 1. The molecule has 0 saturated heterocycles. The number of carbonyl (C=O) groups excluding carboxylic acids is 1. The van der Waals surface area contributed by atoms with Gasteiger partial charge in [0, 0.05) is 13.6 Å². The molecule has 0 saturated carbocycles. The molecule has 1 aromatic rings. The van der Waals surface area contributed by atoms with Crippen molar-refractivity contribution in [3.8, 4) is 0 Å². The minimum atomic E-state index is -0.0813. The molecule has 0 spiro atoms. The lowest BCUT2D eigenvalue weighted by Gasteiger charge is -2.29. The smallest absolute Gasteiger partial charge is 0.226 e. The number of hydrogen-bond acceptors (Lipinski definition) is 2. The average Bonchev–Trinajstić information content (AvgIpc) is 2.33. The molecule has 0 aliphatic heterocycles. The second kappa shape index (κ2) is 6.60. The van der Waals surface area contributed by atoms with Crippen molar-refractivity contribution in [1.82, 2.24) is 4.90 Å². The van der Waals surface area contributed by atoms with Crippen LogP contribution in [0.15, 0.2) is 18.2 Å². The molecule has 0 radical (unpaired) electrons. The van der Waals surface area contributed by atoms with E-state index in [9.17, 15) is 4.79 Å². The SMILES string of the molecule is CN(CC(C)(C)CN)C(=O)Cc1ccc(Cl)c(Cl)c1. The fourth-order valence-electron chi connectivity index (χ4n) is 1.75. The summed E-state index contributed by atoms with van der Waals surface area (Å²) in [6, 6.07) is 5.24. The van der Waals surface area contributed by atoms with Crippen LogP contribution in [0, 0.1) is 5.41 Å². The van der Waals surface area contributed by atoms with Crippen LogP contribution in [0.25, 0.3) is 0 Å². The molecule has 0 aromatic heterocycles. The zero-order chi connectivity index (χ0) is 14.6. The van der Waals surface area contributed by atoms with Gasteiger partial charge in [0.2, 0.25) is 5.91 Å². The summed E-state index contributed by atoms with van der Waals surface area (Å²) in [7, 11) is 1.79. The molecule has 0 heterocycles. The minimum absolute atomic E-state index is 0.0416. The Balaban J connectivity index is 2.66. The number of rotatable bonds is 5. The number of hydrogen-bond donors (Lipinski definition) is 1. The van der Waals surface area contributed by atoms with Crippen molar-refractivity contribution in [3.05, 3.63) is 33.8 Å². The van der Waals surface area contributed by atoms with E-state index in [-0.39, 0.29) is 11.3 Å². The Morgan fingerprint density at radius 2 is 1.95 bits per heavy atom. The van der Waals surface area contributed by atoms with Gasteiger partial charge in [0.25, 0.3) is 0 Å². The van der Waals surface area contributed by atoms with Crippen molar-refractivity contribution >= 4 is 29.1 Å². The molecular formula is C14H20Cl2N2O. The lowest BCUT2D eigenvalue weighted by Crippen LogP contribution is -2.40. The number of likely N-dealkylation sites (N-methyl/N-ethyl adjacent to an activating group) is 1. The third-order valence-electron chi connectivity index (χ3n) is 2.98. The van der Waals surface area contributed by atoms with Crippen LogP contribution in [-0.4, -0.2) is 30.9 Å². The highest BCUT2D eigenvalue weighted by Gasteiger charge is 2.21. The molecule has 1 aromatic carbocycles. The predicted octanol–water partition coefficient (Wildman–Crippen LogP) is 2.98. The highest BCUT2D eigenvalue weighted by atomic mass is 35.5. The van der Waals surface area contributed by atoms with Gasteiger partial charge in [-0.1, -0.05) is 43.1 Å². The zero-order valence-corrected chi connectivity index (χ0v) is 13.1. The molecule has 0 aliphatic carbocycles. The quantitative estimate of drug-likeness (QED) is 0.909. The van der Waals surface area contributed by atoms with Crippen molar-refractivity contribution in [2.24, 2.45) is 11.1 Å². The van der Waals surface area contributed by atoms with Crippen molar-refractivity contribution in [2.45, 2.75) is 20.3 Å². The summed E-state index contributed by atoms with van der Waals surface area (Å²) in [5, 5.41) is 0.965. The number of halogens is 2. The van der Waals surface area contributed by atoms with Crippen LogP contribution in [0.5, 0.6) is 0 Å². The average molecular weight is 303 g/mol. The summed E-state index contributed by atoms with van der Waals surface area (Å²) >= 11 is 11.8.